The second-order valence-corrected chi connectivity index (χ2v) is 5.84. The summed E-state index contributed by atoms with van der Waals surface area (Å²) in [7, 11) is 0. The van der Waals surface area contributed by atoms with E-state index in [-0.39, 0.29) is 5.69 Å². The summed E-state index contributed by atoms with van der Waals surface area (Å²) in [5.41, 5.74) is 3.25. The van der Waals surface area contributed by atoms with Crippen LogP contribution in [0.3, 0.4) is 0 Å². The molecule has 0 spiro atoms. The number of benzene rings is 1. The van der Waals surface area contributed by atoms with Crippen LogP contribution < -0.4 is 5.69 Å². The first kappa shape index (κ1) is 11.0. The highest BCUT2D eigenvalue weighted by molar-refractivity contribution is 7.99. The molecule has 17 heavy (non-hydrogen) atoms. The van der Waals surface area contributed by atoms with Gasteiger partial charge in [-0.25, -0.2) is 4.79 Å². The fourth-order valence-electron chi connectivity index (χ4n) is 2.60. The second kappa shape index (κ2) is 4.26. The lowest BCUT2D eigenvalue weighted by Gasteiger charge is -2.22. The number of hydrogen-bond donors (Lipinski definition) is 1. The Labute approximate surface area is 104 Å². The first-order valence-electron chi connectivity index (χ1n) is 6.05. The first-order chi connectivity index (χ1) is 8.27. The Morgan fingerprint density at radius 1 is 1.35 bits per heavy atom. The lowest BCUT2D eigenvalue weighted by molar-refractivity contribution is 0.469. The summed E-state index contributed by atoms with van der Waals surface area (Å²) in [6.45, 7) is 2.04. The van der Waals surface area contributed by atoms with Crippen LogP contribution in [-0.2, 0) is 0 Å². The fraction of sp³-hybridized carbons (Fsp3) is 0.462. The van der Waals surface area contributed by atoms with Gasteiger partial charge in [-0.3, -0.25) is 4.57 Å². The van der Waals surface area contributed by atoms with Gasteiger partial charge < -0.3 is 4.98 Å². The van der Waals surface area contributed by atoms with Gasteiger partial charge in [0.05, 0.1) is 11.0 Å². The standard InChI is InChI=1S/C13H16N2OS/c1-9-3-2-4-11-12(9)14-13(16)15(11)10-5-7-17-8-6-10/h2-4,10H,5-8H2,1H3,(H,14,16). The van der Waals surface area contributed by atoms with Gasteiger partial charge in [-0.15, -0.1) is 0 Å². The summed E-state index contributed by atoms with van der Waals surface area (Å²) in [6, 6.07) is 6.49. The predicted octanol–water partition coefficient (Wildman–Crippen LogP) is 2.71. The molecule has 0 amide bonds. The Kier molecular flexibility index (Phi) is 2.74. The molecule has 1 fully saturated rings. The van der Waals surface area contributed by atoms with Crippen LogP contribution in [0, 0.1) is 6.92 Å². The molecule has 1 aliphatic heterocycles. The van der Waals surface area contributed by atoms with Crippen molar-refractivity contribution in [3.05, 3.63) is 34.2 Å². The van der Waals surface area contributed by atoms with Crippen molar-refractivity contribution in [3.8, 4) is 0 Å². The number of fused-ring (bicyclic) bond motifs is 1. The summed E-state index contributed by atoms with van der Waals surface area (Å²) in [6.07, 6.45) is 2.21. The van der Waals surface area contributed by atoms with E-state index in [1.54, 1.807) is 0 Å². The van der Waals surface area contributed by atoms with Crippen LogP contribution in [0.2, 0.25) is 0 Å². The lowest BCUT2D eigenvalue weighted by Crippen LogP contribution is -2.25. The lowest BCUT2D eigenvalue weighted by atomic mass is 10.1. The molecule has 2 aromatic rings. The molecule has 1 N–H and O–H groups in total. The second-order valence-electron chi connectivity index (χ2n) is 4.61. The normalized spacial score (nSPS) is 17.7. The summed E-state index contributed by atoms with van der Waals surface area (Å²) >= 11 is 1.98. The number of imidazole rings is 1. The molecule has 1 aromatic carbocycles. The molecule has 1 aliphatic rings. The van der Waals surface area contributed by atoms with Crippen molar-refractivity contribution < 1.29 is 0 Å². The number of para-hydroxylation sites is 1. The number of aryl methyl sites for hydroxylation is 1. The van der Waals surface area contributed by atoms with Crippen LogP contribution in [0.5, 0.6) is 0 Å². The molecule has 0 saturated carbocycles. The van der Waals surface area contributed by atoms with Crippen LogP contribution in [0.25, 0.3) is 11.0 Å². The van der Waals surface area contributed by atoms with Crippen molar-refractivity contribution in [3.63, 3.8) is 0 Å². The molecule has 2 heterocycles. The first-order valence-corrected chi connectivity index (χ1v) is 7.20. The number of thioether (sulfide) groups is 1. The fourth-order valence-corrected chi connectivity index (χ4v) is 3.68. The van der Waals surface area contributed by atoms with E-state index in [2.05, 4.69) is 4.98 Å². The van der Waals surface area contributed by atoms with E-state index in [9.17, 15) is 4.79 Å². The molecule has 3 nitrogen and oxygen atoms in total. The topological polar surface area (TPSA) is 37.8 Å². The van der Waals surface area contributed by atoms with Crippen LogP contribution in [-0.4, -0.2) is 21.1 Å². The smallest absolute Gasteiger partial charge is 0.305 e. The summed E-state index contributed by atoms with van der Waals surface area (Å²) in [5, 5.41) is 0. The average Bonchev–Trinajstić information content (AvgIpc) is 2.68. The van der Waals surface area contributed by atoms with Gasteiger partial charge in [-0.2, -0.15) is 11.8 Å². The molecule has 4 heteroatoms. The number of hydrogen-bond acceptors (Lipinski definition) is 2. The Balaban J connectivity index is 2.18. The number of aromatic amines is 1. The van der Waals surface area contributed by atoms with Gasteiger partial charge in [-0.05, 0) is 42.9 Å². The zero-order valence-corrected chi connectivity index (χ0v) is 10.7. The van der Waals surface area contributed by atoms with Crippen molar-refractivity contribution >= 4 is 22.8 Å². The van der Waals surface area contributed by atoms with Gasteiger partial charge in [-0.1, -0.05) is 12.1 Å². The minimum absolute atomic E-state index is 0.0474. The van der Waals surface area contributed by atoms with Crippen molar-refractivity contribution in [2.24, 2.45) is 0 Å². The summed E-state index contributed by atoms with van der Waals surface area (Å²) < 4.78 is 1.96. The monoisotopic (exact) mass is 248 g/mol. The van der Waals surface area contributed by atoms with Crippen molar-refractivity contribution in [1.82, 2.24) is 9.55 Å². The summed E-state index contributed by atoms with van der Waals surface area (Å²) in [4.78, 5) is 15.1. The number of H-pyrrole nitrogens is 1. The number of rotatable bonds is 1. The molecule has 1 aromatic heterocycles. The van der Waals surface area contributed by atoms with E-state index >= 15 is 0 Å². The molecule has 0 atom stereocenters. The summed E-state index contributed by atoms with van der Waals surface area (Å²) in [5.74, 6) is 2.32. The third kappa shape index (κ3) is 1.80. The quantitative estimate of drug-likeness (QED) is 0.842. The molecular formula is C13H16N2OS. The maximum atomic E-state index is 12.1. The predicted molar refractivity (Wildman–Crippen MR) is 72.9 cm³/mol. The Morgan fingerprint density at radius 3 is 2.88 bits per heavy atom. The largest absolute Gasteiger partial charge is 0.326 e. The molecule has 0 bridgehead atoms. The average molecular weight is 248 g/mol. The molecule has 3 rings (SSSR count). The van der Waals surface area contributed by atoms with Crippen LogP contribution in [0.4, 0.5) is 0 Å². The van der Waals surface area contributed by atoms with E-state index in [1.165, 1.54) is 0 Å². The van der Waals surface area contributed by atoms with Gasteiger partial charge >= 0.3 is 5.69 Å². The van der Waals surface area contributed by atoms with Gasteiger partial charge in [0.15, 0.2) is 0 Å². The minimum Gasteiger partial charge on any atom is -0.305 e. The Morgan fingerprint density at radius 2 is 2.12 bits per heavy atom. The number of aromatic nitrogens is 2. The van der Waals surface area contributed by atoms with E-state index in [4.69, 9.17) is 0 Å². The molecule has 0 unspecified atom stereocenters. The van der Waals surface area contributed by atoms with Gasteiger partial charge in [0.25, 0.3) is 0 Å². The van der Waals surface area contributed by atoms with Crippen molar-refractivity contribution in [2.75, 3.05) is 11.5 Å². The maximum Gasteiger partial charge on any atom is 0.326 e. The van der Waals surface area contributed by atoms with E-state index in [0.29, 0.717) is 6.04 Å². The Bertz CT molecular complexity index is 593. The van der Waals surface area contributed by atoms with E-state index in [0.717, 1.165) is 40.9 Å². The molecular weight excluding hydrogens is 232 g/mol. The maximum absolute atomic E-state index is 12.1. The molecule has 0 radical (unpaired) electrons. The Hall–Kier alpha value is -1.16. The highest BCUT2D eigenvalue weighted by Crippen LogP contribution is 2.28. The van der Waals surface area contributed by atoms with Crippen LogP contribution in [0.15, 0.2) is 23.0 Å². The SMILES string of the molecule is Cc1cccc2c1[nH]c(=O)n2C1CCSCC1. The number of nitrogens with zero attached hydrogens (tertiary/aromatic N) is 1. The molecule has 90 valence electrons. The highest BCUT2D eigenvalue weighted by Gasteiger charge is 2.20. The highest BCUT2D eigenvalue weighted by atomic mass is 32.2. The van der Waals surface area contributed by atoms with Gasteiger partial charge in [0.1, 0.15) is 0 Å². The molecule has 1 saturated heterocycles. The van der Waals surface area contributed by atoms with Gasteiger partial charge in [0, 0.05) is 6.04 Å². The third-order valence-electron chi connectivity index (χ3n) is 3.52. The minimum atomic E-state index is 0.0474. The third-order valence-corrected chi connectivity index (χ3v) is 4.57. The van der Waals surface area contributed by atoms with E-state index in [1.807, 2.05) is 41.5 Å². The number of nitrogens with one attached hydrogen (secondary N) is 1. The zero-order chi connectivity index (χ0) is 11.8. The molecule has 0 aliphatic carbocycles. The van der Waals surface area contributed by atoms with Crippen molar-refractivity contribution in [1.29, 1.82) is 0 Å². The van der Waals surface area contributed by atoms with Crippen molar-refractivity contribution in [2.45, 2.75) is 25.8 Å². The van der Waals surface area contributed by atoms with Crippen LogP contribution in [0.1, 0.15) is 24.4 Å². The van der Waals surface area contributed by atoms with Crippen LogP contribution >= 0.6 is 11.8 Å². The van der Waals surface area contributed by atoms with Gasteiger partial charge in [0.2, 0.25) is 0 Å². The van der Waals surface area contributed by atoms with E-state index < -0.39 is 0 Å². The zero-order valence-electron chi connectivity index (χ0n) is 9.90.